The number of nitrogens with one attached hydrogen (secondary N) is 2. The summed E-state index contributed by atoms with van der Waals surface area (Å²) in [6.07, 6.45) is 2.63. The SMILES string of the molecule is COc1cccc2c1N[n+]1ccc(N(C)C(=O)OC(C)(C)C)c3ncc(n31)C(=O)NCCOC2. The molecule has 0 spiro atoms. The number of anilines is 2. The highest BCUT2D eigenvalue weighted by atomic mass is 16.6. The zero-order valence-electron chi connectivity index (χ0n) is 19.9. The third kappa shape index (κ3) is 4.60. The molecule has 34 heavy (non-hydrogen) atoms. The fraction of sp³-hybridized carbons (Fsp3) is 0.391. The first kappa shape index (κ1) is 23.3. The van der Waals surface area contributed by atoms with Gasteiger partial charge in [-0.05, 0) is 26.8 Å². The molecular weight excluding hydrogens is 440 g/mol. The molecule has 11 heteroatoms. The van der Waals surface area contributed by atoms with E-state index in [9.17, 15) is 9.59 Å². The minimum Gasteiger partial charge on any atom is -0.494 e. The van der Waals surface area contributed by atoms with Crippen molar-refractivity contribution in [3.05, 3.63) is 47.9 Å². The third-order valence-electron chi connectivity index (χ3n) is 5.17. The number of nitrogens with zero attached hydrogens (tertiary/aromatic N) is 4. The monoisotopic (exact) mass is 469 g/mol. The molecule has 4 rings (SSSR count). The van der Waals surface area contributed by atoms with E-state index in [1.54, 1.807) is 56.5 Å². The summed E-state index contributed by atoms with van der Waals surface area (Å²) in [5, 5.41) is 2.84. The van der Waals surface area contributed by atoms with Gasteiger partial charge in [-0.25, -0.2) is 9.78 Å². The van der Waals surface area contributed by atoms with Crippen LogP contribution in [0.4, 0.5) is 16.2 Å². The van der Waals surface area contributed by atoms with Crippen LogP contribution >= 0.6 is 0 Å². The van der Waals surface area contributed by atoms with Gasteiger partial charge in [-0.3, -0.25) is 9.69 Å². The van der Waals surface area contributed by atoms with Crippen LogP contribution in [0.2, 0.25) is 0 Å². The summed E-state index contributed by atoms with van der Waals surface area (Å²) >= 11 is 0. The Labute approximate surface area is 197 Å². The van der Waals surface area contributed by atoms with E-state index in [0.29, 0.717) is 42.5 Å². The first-order valence-electron chi connectivity index (χ1n) is 10.9. The van der Waals surface area contributed by atoms with Crippen molar-refractivity contribution in [3.63, 3.8) is 0 Å². The quantitative estimate of drug-likeness (QED) is 0.553. The molecule has 1 aliphatic rings. The predicted molar refractivity (Wildman–Crippen MR) is 124 cm³/mol. The van der Waals surface area contributed by atoms with Crippen LogP contribution in [0.1, 0.15) is 36.8 Å². The lowest BCUT2D eigenvalue weighted by Gasteiger charge is -2.24. The molecule has 0 fully saturated rings. The van der Waals surface area contributed by atoms with Crippen LogP contribution in [0.5, 0.6) is 5.75 Å². The van der Waals surface area contributed by atoms with Gasteiger partial charge in [0.15, 0.2) is 5.69 Å². The molecule has 0 bridgehead atoms. The number of rotatable bonds is 2. The Hall–Kier alpha value is -3.86. The molecule has 3 aromatic rings. The number of aromatic nitrogens is 3. The molecule has 180 valence electrons. The average molecular weight is 470 g/mol. The van der Waals surface area contributed by atoms with Gasteiger partial charge in [-0.15, -0.1) is 5.43 Å². The standard InChI is InChI=1S/C23H28N6O5/c1-23(2,3)34-22(31)27(4)16-9-11-28-26-19-15(7-6-8-18(19)32-5)14-33-12-10-24-21(30)17-13-25-20(16)29(17)28/h6-9,11,13H,10,12,14H2,1-5H3,(H-,24,25,26,30)/p+1. The topological polar surface area (TPSA) is 110 Å². The molecule has 0 saturated carbocycles. The molecule has 2 amide bonds. The molecule has 0 atom stereocenters. The average Bonchev–Trinajstić information content (AvgIpc) is 3.23. The van der Waals surface area contributed by atoms with E-state index in [4.69, 9.17) is 14.2 Å². The number of imidazole rings is 1. The van der Waals surface area contributed by atoms with E-state index in [1.165, 1.54) is 11.1 Å². The number of amides is 2. The number of benzene rings is 1. The Morgan fingerprint density at radius 3 is 2.82 bits per heavy atom. The number of methoxy groups -OCH3 is 1. The minimum absolute atomic E-state index is 0.277. The zero-order valence-corrected chi connectivity index (χ0v) is 19.9. The summed E-state index contributed by atoms with van der Waals surface area (Å²) in [5.41, 5.74) is 5.35. The highest BCUT2D eigenvalue weighted by Gasteiger charge is 2.29. The predicted octanol–water partition coefficient (Wildman–Crippen LogP) is 2.14. The maximum absolute atomic E-state index is 12.9. The Bertz CT molecular complexity index is 1230. The second-order valence-corrected chi connectivity index (χ2v) is 8.78. The van der Waals surface area contributed by atoms with Crippen LogP contribution in [-0.4, -0.2) is 54.4 Å². The van der Waals surface area contributed by atoms with E-state index in [1.807, 2.05) is 18.2 Å². The van der Waals surface area contributed by atoms with Crippen LogP contribution in [0, 0.1) is 0 Å². The molecule has 1 aromatic carbocycles. The zero-order chi connectivity index (χ0) is 24.5. The van der Waals surface area contributed by atoms with E-state index in [0.717, 1.165) is 5.56 Å². The number of ether oxygens (including phenoxy) is 3. The van der Waals surface area contributed by atoms with Gasteiger partial charge in [-0.1, -0.05) is 16.6 Å². The Kier molecular flexibility index (Phi) is 6.29. The van der Waals surface area contributed by atoms with Crippen molar-refractivity contribution in [1.82, 2.24) is 14.8 Å². The summed E-state index contributed by atoms with van der Waals surface area (Å²) in [4.78, 5) is 33.1. The lowest BCUT2D eigenvalue weighted by molar-refractivity contribution is -0.714. The van der Waals surface area contributed by atoms with Crippen molar-refractivity contribution in [3.8, 4) is 5.75 Å². The molecule has 0 aliphatic carbocycles. The fourth-order valence-electron chi connectivity index (χ4n) is 3.57. The molecule has 0 saturated heterocycles. The summed E-state index contributed by atoms with van der Waals surface area (Å²) in [5.74, 6) is 0.282. The second kappa shape index (κ2) is 9.18. The van der Waals surface area contributed by atoms with E-state index in [2.05, 4.69) is 15.7 Å². The second-order valence-electron chi connectivity index (χ2n) is 8.78. The number of hydrogen-bond donors (Lipinski definition) is 2. The van der Waals surface area contributed by atoms with Crippen LogP contribution in [0.3, 0.4) is 0 Å². The number of carbonyl (C=O) groups is 2. The first-order valence-corrected chi connectivity index (χ1v) is 10.9. The van der Waals surface area contributed by atoms with Crippen LogP contribution in [-0.2, 0) is 16.1 Å². The minimum atomic E-state index is -0.658. The van der Waals surface area contributed by atoms with E-state index < -0.39 is 11.7 Å². The Morgan fingerprint density at radius 1 is 1.29 bits per heavy atom. The maximum atomic E-state index is 12.9. The van der Waals surface area contributed by atoms with E-state index in [-0.39, 0.29) is 11.6 Å². The molecule has 3 heterocycles. The number of para-hydroxylation sites is 1. The maximum Gasteiger partial charge on any atom is 0.414 e. The van der Waals surface area contributed by atoms with Gasteiger partial charge in [-0.2, -0.15) is 0 Å². The van der Waals surface area contributed by atoms with Gasteiger partial charge in [0.25, 0.3) is 5.91 Å². The largest absolute Gasteiger partial charge is 0.494 e. The van der Waals surface area contributed by atoms with Crippen LogP contribution in [0.25, 0.3) is 5.65 Å². The van der Waals surface area contributed by atoms with Gasteiger partial charge < -0.3 is 19.5 Å². The lowest BCUT2D eigenvalue weighted by atomic mass is 10.2. The highest BCUT2D eigenvalue weighted by Crippen LogP contribution is 2.29. The molecule has 11 nitrogen and oxygen atoms in total. The molecule has 2 N–H and O–H groups in total. The normalized spacial score (nSPS) is 14.2. The summed E-state index contributed by atoms with van der Waals surface area (Å²) < 4.78 is 18.4. The lowest BCUT2D eigenvalue weighted by Crippen LogP contribution is -2.51. The third-order valence-corrected chi connectivity index (χ3v) is 5.17. The van der Waals surface area contributed by atoms with Gasteiger partial charge in [0.05, 0.1) is 26.5 Å². The number of fused-ring (bicyclic) bond motifs is 1. The molecule has 2 aromatic heterocycles. The van der Waals surface area contributed by atoms with Crippen molar-refractivity contribution in [2.24, 2.45) is 0 Å². The van der Waals surface area contributed by atoms with Gasteiger partial charge in [0.2, 0.25) is 11.8 Å². The Morgan fingerprint density at radius 2 is 2.09 bits per heavy atom. The van der Waals surface area contributed by atoms with Crippen LogP contribution in [0.15, 0.2) is 36.7 Å². The van der Waals surface area contributed by atoms with Gasteiger partial charge in [0.1, 0.15) is 22.7 Å². The number of carbonyl (C=O) groups excluding carboxylic acids is 2. The van der Waals surface area contributed by atoms with Crippen molar-refractivity contribution in [2.75, 3.05) is 37.6 Å². The molecule has 0 unspecified atom stereocenters. The smallest absolute Gasteiger partial charge is 0.414 e. The van der Waals surface area contributed by atoms with E-state index >= 15 is 0 Å². The van der Waals surface area contributed by atoms with Gasteiger partial charge in [0, 0.05) is 30.0 Å². The fourth-order valence-corrected chi connectivity index (χ4v) is 3.57. The molecule has 0 radical (unpaired) electrons. The molecular formula is C23H29N6O5+. The van der Waals surface area contributed by atoms with Crippen molar-refractivity contribution in [2.45, 2.75) is 33.0 Å². The highest BCUT2D eigenvalue weighted by molar-refractivity contribution is 5.95. The molecule has 1 aliphatic heterocycles. The summed E-state index contributed by atoms with van der Waals surface area (Å²) in [7, 11) is 3.19. The van der Waals surface area contributed by atoms with Crippen LogP contribution < -0.4 is 25.2 Å². The van der Waals surface area contributed by atoms with Crippen molar-refractivity contribution >= 4 is 29.0 Å². The summed E-state index contributed by atoms with van der Waals surface area (Å²) in [6, 6.07) is 7.38. The first-order chi connectivity index (χ1) is 16.2. The van der Waals surface area contributed by atoms with Crippen molar-refractivity contribution in [1.29, 1.82) is 0 Å². The summed E-state index contributed by atoms with van der Waals surface area (Å²) in [6.45, 7) is 6.40. The van der Waals surface area contributed by atoms with Gasteiger partial charge >= 0.3 is 6.09 Å². The van der Waals surface area contributed by atoms with Crippen molar-refractivity contribution < 1.29 is 28.6 Å². The Balaban J connectivity index is 1.87. The number of hydrogen-bond acceptors (Lipinski definition) is 7.